The van der Waals surface area contributed by atoms with E-state index >= 15 is 0 Å². The Balaban J connectivity index is 1.93. The zero-order valence-electron chi connectivity index (χ0n) is 10.8. The third-order valence-corrected chi connectivity index (χ3v) is 4.05. The van der Waals surface area contributed by atoms with Gasteiger partial charge in [0.25, 0.3) is 0 Å². The summed E-state index contributed by atoms with van der Waals surface area (Å²) in [7, 11) is 1.94. The van der Waals surface area contributed by atoms with Gasteiger partial charge in [-0.05, 0) is 19.1 Å². The molecule has 0 saturated heterocycles. The number of nitrogens with zero attached hydrogens (tertiary/aromatic N) is 3. The number of ketones is 1. The molecule has 0 fully saturated rings. The van der Waals surface area contributed by atoms with Gasteiger partial charge < -0.3 is 4.57 Å². The first-order valence-corrected chi connectivity index (χ1v) is 6.83. The van der Waals surface area contributed by atoms with Crippen LogP contribution in [0.3, 0.4) is 0 Å². The molecule has 3 rings (SSSR count). The zero-order chi connectivity index (χ0) is 13.4. The molecule has 0 aliphatic heterocycles. The average molecular weight is 271 g/mol. The fraction of sp³-hybridized carbons (Fsp3) is 0.214. The Bertz CT molecular complexity index is 757. The summed E-state index contributed by atoms with van der Waals surface area (Å²) in [6, 6.07) is 7.89. The highest BCUT2D eigenvalue weighted by atomic mass is 32.1. The number of Topliss-reactive ketones (excluding diaryl/α,β-unsaturated/α-hetero) is 1. The van der Waals surface area contributed by atoms with Gasteiger partial charge in [-0.3, -0.25) is 4.79 Å². The molecular weight excluding hydrogens is 258 g/mol. The fourth-order valence-corrected chi connectivity index (χ4v) is 2.79. The van der Waals surface area contributed by atoms with Gasteiger partial charge in [0.15, 0.2) is 5.78 Å². The van der Waals surface area contributed by atoms with E-state index in [1.807, 2.05) is 42.8 Å². The van der Waals surface area contributed by atoms with Crippen molar-refractivity contribution in [3.05, 3.63) is 46.2 Å². The van der Waals surface area contributed by atoms with Gasteiger partial charge in [0.1, 0.15) is 5.82 Å². The molecule has 5 heteroatoms. The summed E-state index contributed by atoms with van der Waals surface area (Å²) in [4.78, 5) is 21.5. The van der Waals surface area contributed by atoms with Crippen LogP contribution in [0.1, 0.15) is 20.5 Å². The Hall–Kier alpha value is -2.01. The molecule has 2 aromatic heterocycles. The highest BCUT2D eigenvalue weighted by Crippen LogP contribution is 2.18. The van der Waals surface area contributed by atoms with Crippen LogP contribution in [0.5, 0.6) is 0 Å². The van der Waals surface area contributed by atoms with E-state index in [4.69, 9.17) is 0 Å². The van der Waals surface area contributed by atoms with Crippen LogP contribution in [-0.4, -0.2) is 20.3 Å². The van der Waals surface area contributed by atoms with Crippen molar-refractivity contribution >= 4 is 28.2 Å². The van der Waals surface area contributed by atoms with Gasteiger partial charge in [0.2, 0.25) is 0 Å². The number of para-hydroxylation sites is 2. The molecule has 96 valence electrons. The second-order valence-electron chi connectivity index (χ2n) is 4.42. The van der Waals surface area contributed by atoms with E-state index in [9.17, 15) is 4.79 Å². The number of imidazole rings is 1. The molecule has 0 aliphatic rings. The fourth-order valence-electron chi connectivity index (χ4n) is 2.07. The van der Waals surface area contributed by atoms with Gasteiger partial charge in [-0.25, -0.2) is 9.97 Å². The summed E-state index contributed by atoms with van der Waals surface area (Å²) >= 11 is 1.43. The molecule has 0 atom stereocenters. The van der Waals surface area contributed by atoms with Gasteiger partial charge in [0.05, 0.1) is 27.3 Å². The summed E-state index contributed by atoms with van der Waals surface area (Å²) in [5, 5.41) is 0.911. The van der Waals surface area contributed by atoms with E-state index in [2.05, 4.69) is 9.97 Å². The summed E-state index contributed by atoms with van der Waals surface area (Å²) in [6.07, 6.45) is 1.96. The van der Waals surface area contributed by atoms with Crippen LogP contribution >= 0.6 is 11.3 Å². The lowest BCUT2D eigenvalue weighted by atomic mass is 10.2. The second-order valence-corrected chi connectivity index (χ2v) is 5.65. The third kappa shape index (κ3) is 2.17. The largest absolute Gasteiger partial charge is 0.331 e. The van der Waals surface area contributed by atoms with Gasteiger partial charge >= 0.3 is 0 Å². The minimum absolute atomic E-state index is 0.0732. The maximum absolute atomic E-state index is 12.2. The first-order valence-electron chi connectivity index (χ1n) is 6.01. The number of aromatic nitrogens is 3. The van der Waals surface area contributed by atoms with Crippen molar-refractivity contribution in [3.63, 3.8) is 0 Å². The lowest BCUT2D eigenvalue weighted by Gasteiger charge is -2.00. The Kier molecular flexibility index (Phi) is 2.91. The molecule has 0 N–H and O–H groups in total. The van der Waals surface area contributed by atoms with E-state index in [-0.39, 0.29) is 5.78 Å². The van der Waals surface area contributed by atoms with Gasteiger partial charge in [-0.1, -0.05) is 12.1 Å². The second kappa shape index (κ2) is 4.59. The van der Waals surface area contributed by atoms with Crippen molar-refractivity contribution in [1.29, 1.82) is 0 Å². The van der Waals surface area contributed by atoms with Crippen LogP contribution < -0.4 is 0 Å². The average Bonchev–Trinajstić information content (AvgIpc) is 2.96. The number of hydrogen-bond acceptors (Lipinski definition) is 4. The van der Waals surface area contributed by atoms with Crippen molar-refractivity contribution in [2.45, 2.75) is 13.3 Å². The van der Waals surface area contributed by atoms with E-state index in [1.165, 1.54) is 11.3 Å². The van der Waals surface area contributed by atoms with Crippen LogP contribution in [0.15, 0.2) is 30.5 Å². The predicted octanol–water partition coefficient (Wildman–Crippen LogP) is 2.76. The Labute approximate surface area is 114 Å². The van der Waals surface area contributed by atoms with E-state index in [0.29, 0.717) is 11.3 Å². The molecule has 0 spiro atoms. The Morgan fingerprint density at radius 2 is 2.16 bits per heavy atom. The molecule has 0 radical (unpaired) electrons. The van der Waals surface area contributed by atoms with Crippen molar-refractivity contribution in [2.75, 3.05) is 0 Å². The van der Waals surface area contributed by atoms with Crippen molar-refractivity contribution in [3.8, 4) is 0 Å². The van der Waals surface area contributed by atoms with Crippen LogP contribution in [-0.2, 0) is 13.5 Å². The highest BCUT2D eigenvalue weighted by Gasteiger charge is 2.14. The molecule has 1 aromatic carbocycles. The number of thiazole rings is 1. The lowest BCUT2D eigenvalue weighted by Crippen LogP contribution is -2.07. The summed E-state index contributed by atoms with van der Waals surface area (Å²) in [5.74, 6) is 0.862. The quantitative estimate of drug-likeness (QED) is 0.688. The molecule has 0 unspecified atom stereocenters. The SMILES string of the molecule is Cc1ncc(C(=O)Cc2nc3ccccc3n2C)s1. The van der Waals surface area contributed by atoms with Crippen molar-refractivity contribution < 1.29 is 4.79 Å². The van der Waals surface area contributed by atoms with Crippen molar-refractivity contribution in [1.82, 2.24) is 14.5 Å². The highest BCUT2D eigenvalue weighted by molar-refractivity contribution is 7.13. The first kappa shape index (κ1) is 12.0. The van der Waals surface area contributed by atoms with E-state index < -0.39 is 0 Å². The minimum atomic E-state index is 0.0732. The molecule has 4 nitrogen and oxygen atoms in total. The molecule has 0 bridgehead atoms. The minimum Gasteiger partial charge on any atom is -0.331 e. The maximum atomic E-state index is 12.2. The number of carbonyl (C=O) groups excluding carboxylic acids is 1. The van der Waals surface area contributed by atoms with Gasteiger partial charge in [0, 0.05) is 13.2 Å². The van der Waals surface area contributed by atoms with Gasteiger partial charge in [-0.2, -0.15) is 0 Å². The number of hydrogen-bond donors (Lipinski definition) is 0. The molecule has 0 amide bonds. The molecule has 0 saturated carbocycles. The smallest absolute Gasteiger partial charge is 0.181 e. The van der Waals surface area contributed by atoms with E-state index in [1.54, 1.807) is 6.20 Å². The summed E-state index contributed by atoms with van der Waals surface area (Å²) < 4.78 is 1.97. The third-order valence-electron chi connectivity index (χ3n) is 3.09. The monoisotopic (exact) mass is 271 g/mol. The number of fused-ring (bicyclic) bond motifs is 1. The Morgan fingerprint density at radius 1 is 1.37 bits per heavy atom. The van der Waals surface area contributed by atoms with E-state index in [0.717, 1.165) is 21.9 Å². The lowest BCUT2D eigenvalue weighted by molar-refractivity contribution is 0.0994. The van der Waals surface area contributed by atoms with Gasteiger partial charge in [-0.15, -0.1) is 11.3 Å². The number of aryl methyl sites for hydroxylation is 2. The molecular formula is C14H13N3OS. The summed E-state index contributed by atoms with van der Waals surface area (Å²) in [5.41, 5.74) is 1.97. The zero-order valence-corrected chi connectivity index (χ0v) is 11.6. The Morgan fingerprint density at radius 3 is 2.84 bits per heavy atom. The topological polar surface area (TPSA) is 47.8 Å². The molecule has 0 aliphatic carbocycles. The predicted molar refractivity (Wildman–Crippen MR) is 75.6 cm³/mol. The molecule has 19 heavy (non-hydrogen) atoms. The number of rotatable bonds is 3. The van der Waals surface area contributed by atoms with Crippen molar-refractivity contribution in [2.24, 2.45) is 7.05 Å². The van der Waals surface area contributed by atoms with Crippen LogP contribution in [0.4, 0.5) is 0 Å². The van der Waals surface area contributed by atoms with Crippen LogP contribution in [0.25, 0.3) is 11.0 Å². The normalized spacial score (nSPS) is 11.1. The molecule has 2 heterocycles. The number of carbonyl (C=O) groups is 1. The maximum Gasteiger partial charge on any atom is 0.181 e. The standard InChI is InChI=1S/C14H13N3OS/c1-9-15-8-13(19-9)12(18)7-14-16-10-5-3-4-6-11(10)17(14)2/h3-6,8H,7H2,1-2H3. The first-order chi connectivity index (χ1) is 9.15. The summed E-state index contributed by atoms with van der Waals surface area (Å²) in [6.45, 7) is 1.90. The van der Waals surface area contributed by atoms with Crippen LogP contribution in [0, 0.1) is 6.92 Å². The van der Waals surface area contributed by atoms with Crippen LogP contribution in [0.2, 0.25) is 0 Å². The molecule has 3 aromatic rings. The number of benzene rings is 1.